The molecule has 0 saturated carbocycles. The summed E-state index contributed by atoms with van der Waals surface area (Å²) in [7, 11) is 0. The molecule has 2 N–H and O–H groups in total. The molecule has 4 heteroatoms. The molecule has 0 spiro atoms. The Balaban J connectivity index is 1.85. The van der Waals surface area contributed by atoms with Gasteiger partial charge in [0.1, 0.15) is 5.75 Å². The van der Waals surface area contributed by atoms with Crippen LogP contribution >= 0.6 is 12.2 Å². The molecule has 0 aromatic heterocycles. The van der Waals surface area contributed by atoms with Crippen molar-refractivity contribution >= 4 is 23.0 Å². The number of nitrogens with one attached hydrogen (secondary N) is 2. The summed E-state index contributed by atoms with van der Waals surface area (Å²) in [4.78, 5) is 0. The molecule has 0 bridgehead atoms. The van der Waals surface area contributed by atoms with E-state index in [0.717, 1.165) is 17.0 Å². The Morgan fingerprint density at radius 2 is 1.59 bits per heavy atom. The summed E-state index contributed by atoms with van der Waals surface area (Å²) >= 11 is 5.62. The summed E-state index contributed by atoms with van der Waals surface area (Å²) in [5, 5.41) is 7.31. The van der Waals surface area contributed by atoms with Crippen molar-refractivity contribution in [1.29, 1.82) is 0 Å². The van der Waals surface area contributed by atoms with E-state index in [2.05, 4.69) is 54.0 Å². The zero-order valence-corrected chi connectivity index (χ0v) is 16.4. The minimum atomic E-state index is -0.0355. The largest absolute Gasteiger partial charge is 0.492 e. The van der Waals surface area contributed by atoms with Crippen LogP contribution < -0.4 is 15.4 Å². The molecular weight excluding hydrogens is 352 g/mol. The van der Waals surface area contributed by atoms with Gasteiger partial charge in [0.05, 0.1) is 18.3 Å². The first-order valence-electron chi connectivity index (χ1n) is 9.09. The molecule has 138 valence electrons. The van der Waals surface area contributed by atoms with Gasteiger partial charge >= 0.3 is 0 Å². The van der Waals surface area contributed by atoms with Gasteiger partial charge in [-0.3, -0.25) is 0 Å². The lowest BCUT2D eigenvalue weighted by molar-refractivity contribution is 0.342. The van der Waals surface area contributed by atoms with Gasteiger partial charge in [0.15, 0.2) is 5.11 Å². The minimum absolute atomic E-state index is 0.0355. The third kappa shape index (κ3) is 4.86. The number of para-hydroxylation sites is 2. The second-order valence-corrected chi connectivity index (χ2v) is 6.64. The van der Waals surface area contributed by atoms with E-state index in [-0.39, 0.29) is 6.04 Å². The maximum absolute atomic E-state index is 5.68. The van der Waals surface area contributed by atoms with Gasteiger partial charge in [-0.05, 0) is 54.9 Å². The van der Waals surface area contributed by atoms with E-state index in [9.17, 15) is 0 Å². The molecule has 0 radical (unpaired) electrons. The van der Waals surface area contributed by atoms with Crippen LogP contribution in [0.25, 0.3) is 0 Å². The van der Waals surface area contributed by atoms with Crippen molar-refractivity contribution in [3.63, 3.8) is 0 Å². The fourth-order valence-corrected chi connectivity index (χ4v) is 3.27. The first kappa shape index (κ1) is 18.9. The lowest BCUT2D eigenvalue weighted by Gasteiger charge is -2.24. The Hall–Kier alpha value is -2.85. The molecule has 27 heavy (non-hydrogen) atoms. The second kappa shape index (κ2) is 9.19. The number of hydrogen-bond donors (Lipinski definition) is 2. The lowest BCUT2D eigenvalue weighted by Crippen LogP contribution is -2.33. The topological polar surface area (TPSA) is 33.3 Å². The maximum atomic E-state index is 5.68. The molecule has 0 saturated heterocycles. The fourth-order valence-electron chi connectivity index (χ4n) is 3.04. The van der Waals surface area contributed by atoms with Crippen molar-refractivity contribution in [1.82, 2.24) is 5.32 Å². The minimum Gasteiger partial charge on any atom is -0.492 e. The molecular formula is C23H24N2OS. The van der Waals surface area contributed by atoms with Gasteiger partial charge in [0, 0.05) is 0 Å². The van der Waals surface area contributed by atoms with Gasteiger partial charge in [-0.2, -0.15) is 0 Å². The Morgan fingerprint density at radius 3 is 2.33 bits per heavy atom. The van der Waals surface area contributed by atoms with Crippen molar-refractivity contribution in [3.8, 4) is 5.75 Å². The zero-order chi connectivity index (χ0) is 19.1. The Morgan fingerprint density at radius 1 is 0.926 bits per heavy atom. The average Bonchev–Trinajstić information content (AvgIpc) is 2.69. The van der Waals surface area contributed by atoms with Crippen LogP contribution in [0.1, 0.15) is 29.7 Å². The van der Waals surface area contributed by atoms with Crippen molar-refractivity contribution in [2.75, 3.05) is 11.9 Å². The van der Waals surface area contributed by atoms with E-state index < -0.39 is 0 Å². The van der Waals surface area contributed by atoms with Gasteiger partial charge in [0.25, 0.3) is 0 Å². The number of rotatable bonds is 6. The molecule has 3 aromatic carbocycles. The van der Waals surface area contributed by atoms with Crippen molar-refractivity contribution in [2.24, 2.45) is 0 Å². The van der Waals surface area contributed by atoms with Gasteiger partial charge < -0.3 is 15.4 Å². The van der Waals surface area contributed by atoms with E-state index in [1.54, 1.807) is 0 Å². The predicted octanol–water partition coefficient (Wildman–Crippen LogP) is 5.47. The summed E-state index contributed by atoms with van der Waals surface area (Å²) in [6.07, 6.45) is 0. The number of aryl methyl sites for hydroxylation is 1. The van der Waals surface area contributed by atoms with Crippen LogP contribution in [0, 0.1) is 6.92 Å². The number of benzene rings is 3. The molecule has 0 fully saturated rings. The molecule has 0 aliphatic heterocycles. The normalized spacial score (nSPS) is 11.5. The molecule has 3 rings (SSSR count). The number of hydrogen-bond acceptors (Lipinski definition) is 2. The molecule has 0 unspecified atom stereocenters. The Labute approximate surface area is 166 Å². The second-order valence-electron chi connectivity index (χ2n) is 6.23. The maximum Gasteiger partial charge on any atom is 0.171 e. The fraction of sp³-hybridized carbons (Fsp3) is 0.174. The van der Waals surface area contributed by atoms with E-state index in [0.29, 0.717) is 11.7 Å². The molecule has 0 amide bonds. The zero-order valence-electron chi connectivity index (χ0n) is 15.6. The van der Waals surface area contributed by atoms with Crippen LogP contribution in [0.4, 0.5) is 5.69 Å². The molecule has 3 aromatic rings. The van der Waals surface area contributed by atoms with Crippen LogP contribution in [0.2, 0.25) is 0 Å². The summed E-state index contributed by atoms with van der Waals surface area (Å²) in [5.74, 6) is 0.788. The first-order valence-corrected chi connectivity index (χ1v) is 9.49. The van der Waals surface area contributed by atoms with Crippen LogP contribution in [0.5, 0.6) is 5.75 Å². The van der Waals surface area contributed by atoms with Gasteiger partial charge in [-0.15, -0.1) is 0 Å². The number of anilines is 1. The van der Waals surface area contributed by atoms with Crippen molar-refractivity contribution < 1.29 is 4.74 Å². The highest BCUT2D eigenvalue weighted by Crippen LogP contribution is 2.27. The third-order valence-corrected chi connectivity index (χ3v) is 4.56. The first-order chi connectivity index (χ1) is 13.2. The van der Waals surface area contributed by atoms with Crippen LogP contribution in [-0.4, -0.2) is 11.7 Å². The quantitative estimate of drug-likeness (QED) is 0.559. The molecule has 1 atom stereocenters. The van der Waals surface area contributed by atoms with E-state index in [1.807, 2.05) is 49.4 Å². The summed E-state index contributed by atoms with van der Waals surface area (Å²) in [6, 6.07) is 26.5. The van der Waals surface area contributed by atoms with Gasteiger partial charge in [-0.25, -0.2) is 0 Å². The highest BCUT2D eigenvalue weighted by molar-refractivity contribution is 7.80. The SMILES string of the molecule is CCOc1ccccc1NC(=S)N[C@@H](c1ccccc1)c1ccccc1C. The lowest BCUT2D eigenvalue weighted by atomic mass is 9.95. The Kier molecular flexibility index (Phi) is 6.44. The van der Waals surface area contributed by atoms with Crippen molar-refractivity contribution in [2.45, 2.75) is 19.9 Å². The standard InChI is InChI=1S/C23H24N2OS/c1-3-26-21-16-10-9-15-20(21)24-23(27)25-22(18-12-5-4-6-13-18)19-14-8-7-11-17(19)2/h4-16,22H,3H2,1-2H3,(H2,24,25,27)/t22-/m0/s1. The number of thiocarbonyl (C=S) groups is 1. The molecule has 0 aliphatic carbocycles. The van der Waals surface area contributed by atoms with Gasteiger partial charge in [0.2, 0.25) is 0 Å². The highest BCUT2D eigenvalue weighted by Gasteiger charge is 2.17. The monoisotopic (exact) mass is 376 g/mol. The number of ether oxygens (including phenoxy) is 1. The van der Waals surface area contributed by atoms with Crippen molar-refractivity contribution in [3.05, 3.63) is 95.6 Å². The average molecular weight is 377 g/mol. The Bertz CT molecular complexity index is 896. The molecule has 3 nitrogen and oxygen atoms in total. The van der Waals surface area contributed by atoms with E-state index in [4.69, 9.17) is 17.0 Å². The van der Waals surface area contributed by atoms with Crippen LogP contribution in [0.15, 0.2) is 78.9 Å². The van der Waals surface area contributed by atoms with E-state index >= 15 is 0 Å². The van der Waals surface area contributed by atoms with Gasteiger partial charge in [-0.1, -0.05) is 66.7 Å². The molecule has 0 aliphatic rings. The van der Waals surface area contributed by atoms with Crippen LogP contribution in [-0.2, 0) is 0 Å². The summed E-state index contributed by atoms with van der Waals surface area (Å²) < 4.78 is 5.68. The van der Waals surface area contributed by atoms with Crippen LogP contribution in [0.3, 0.4) is 0 Å². The third-order valence-electron chi connectivity index (χ3n) is 4.34. The summed E-state index contributed by atoms with van der Waals surface area (Å²) in [6.45, 7) is 4.69. The van der Waals surface area contributed by atoms with E-state index in [1.165, 1.54) is 11.1 Å². The smallest absolute Gasteiger partial charge is 0.171 e. The summed E-state index contributed by atoms with van der Waals surface area (Å²) in [5.41, 5.74) is 4.44. The predicted molar refractivity (Wildman–Crippen MR) is 116 cm³/mol. The molecule has 0 heterocycles. The highest BCUT2D eigenvalue weighted by atomic mass is 32.1.